The second-order valence-electron chi connectivity index (χ2n) is 8.48. The van der Waals surface area contributed by atoms with Crippen molar-refractivity contribution >= 4 is 23.8 Å². The Labute approximate surface area is 188 Å². The molecule has 0 bridgehead atoms. The topological polar surface area (TPSA) is 60.9 Å². The Bertz CT molecular complexity index is 907. The first-order chi connectivity index (χ1) is 15.0. The molecule has 5 atom stereocenters. The van der Waals surface area contributed by atoms with E-state index >= 15 is 0 Å². The van der Waals surface area contributed by atoms with Crippen molar-refractivity contribution in [3.8, 4) is 0 Å². The highest BCUT2D eigenvalue weighted by atomic mass is 32.2. The standard InChI is InChI=1S/C25H30N2O3S/c1-3-10-20(24(28)29)23-22-21(16-31-23)27(17(2)19-13-8-5-9-14-19)25(30)26(22)15-18-11-6-4-7-12-18/h4-9,11-14,17,20-23H,3,10,15-16H2,1-2H3,(H,28,29)/t17-,20?,21+,22+,23?/m1/s1. The van der Waals surface area contributed by atoms with E-state index in [-0.39, 0.29) is 29.4 Å². The maximum atomic E-state index is 13.7. The van der Waals surface area contributed by atoms with Gasteiger partial charge in [-0.25, -0.2) is 4.79 Å². The number of carbonyl (C=O) groups is 2. The van der Waals surface area contributed by atoms with Crippen LogP contribution in [-0.2, 0) is 11.3 Å². The SMILES string of the molecule is CCCC(C(=O)O)C1SC[C@H]2[C@@H]1N(Cc1ccccc1)C(=O)N2[C@H](C)c1ccccc1. The number of nitrogens with zero attached hydrogens (tertiary/aromatic N) is 2. The monoisotopic (exact) mass is 438 g/mol. The largest absolute Gasteiger partial charge is 0.481 e. The summed E-state index contributed by atoms with van der Waals surface area (Å²) >= 11 is 1.73. The Kier molecular flexibility index (Phi) is 6.56. The summed E-state index contributed by atoms with van der Waals surface area (Å²) in [6.45, 7) is 4.61. The van der Waals surface area contributed by atoms with E-state index in [2.05, 4.69) is 19.1 Å². The van der Waals surface area contributed by atoms with Crippen LogP contribution in [-0.4, -0.2) is 50.0 Å². The van der Waals surface area contributed by atoms with Gasteiger partial charge in [-0.1, -0.05) is 74.0 Å². The van der Waals surface area contributed by atoms with Crippen LogP contribution >= 0.6 is 11.8 Å². The molecule has 2 unspecified atom stereocenters. The predicted molar refractivity (Wildman–Crippen MR) is 124 cm³/mol. The molecule has 4 rings (SSSR count). The van der Waals surface area contributed by atoms with Gasteiger partial charge in [0.25, 0.3) is 0 Å². The molecule has 2 aliphatic heterocycles. The lowest BCUT2D eigenvalue weighted by atomic mass is 9.91. The third-order valence-corrected chi connectivity index (χ3v) is 8.11. The number of rotatable bonds is 8. The average molecular weight is 439 g/mol. The van der Waals surface area contributed by atoms with Crippen LogP contribution in [0.5, 0.6) is 0 Å². The van der Waals surface area contributed by atoms with E-state index in [1.807, 2.05) is 65.3 Å². The maximum Gasteiger partial charge on any atom is 0.321 e. The summed E-state index contributed by atoms with van der Waals surface area (Å²) in [4.78, 5) is 29.8. The number of thioether (sulfide) groups is 1. The zero-order chi connectivity index (χ0) is 22.0. The molecule has 164 valence electrons. The molecule has 0 aliphatic carbocycles. The minimum atomic E-state index is -0.748. The van der Waals surface area contributed by atoms with E-state index in [9.17, 15) is 14.7 Å². The van der Waals surface area contributed by atoms with Crippen LogP contribution in [0.25, 0.3) is 0 Å². The molecule has 2 fully saturated rings. The number of hydrogen-bond donors (Lipinski definition) is 1. The van der Waals surface area contributed by atoms with Crippen molar-refractivity contribution in [3.63, 3.8) is 0 Å². The molecular weight excluding hydrogens is 408 g/mol. The van der Waals surface area contributed by atoms with Gasteiger partial charge in [-0.3, -0.25) is 4.79 Å². The van der Waals surface area contributed by atoms with Crippen molar-refractivity contribution in [1.29, 1.82) is 0 Å². The van der Waals surface area contributed by atoms with Crippen LogP contribution in [0.1, 0.15) is 43.9 Å². The van der Waals surface area contributed by atoms with E-state index in [1.54, 1.807) is 11.8 Å². The van der Waals surface area contributed by atoms with Gasteiger partial charge in [-0.15, -0.1) is 0 Å². The van der Waals surface area contributed by atoms with E-state index in [0.717, 1.165) is 23.3 Å². The van der Waals surface area contributed by atoms with Gasteiger partial charge in [0.05, 0.1) is 24.0 Å². The summed E-state index contributed by atoms with van der Waals surface area (Å²) in [5, 5.41) is 9.85. The highest BCUT2D eigenvalue weighted by Gasteiger charge is 2.56. The number of urea groups is 1. The van der Waals surface area contributed by atoms with Crippen molar-refractivity contribution in [2.24, 2.45) is 5.92 Å². The number of carboxylic acid groups (broad SMARTS) is 1. The van der Waals surface area contributed by atoms with E-state index in [4.69, 9.17) is 0 Å². The van der Waals surface area contributed by atoms with Crippen LogP contribution in [0.15, 0.2) is 60.7 Å². The Morgan fingerprint density at radius 1 is 1.13 bits per heavy atom. The lowest BCUT2D eigenvalue weighted by Crippen LogP contribution is -2.45. The average Bonchev–Trinajstić information content (AvgIpc) is 3.31. The van der Waals surface area contributed by atoms with Crippen molar-refractivity contribution in [1.82, 2.24) is 9.80 Å². The fraction of sp³-hybridized carbons (Fsp3) is 0.440. The van der Waals surface area contributed by atoms with E-state index in [1.165, 1.54) is 0 Å². The van der Waals surface area contributed by atoms with Crippen LogP contribution in [0, 0.1) is 5.92 Å². The minimum absolute atomic E-state index is 0.0140. The Morgan fingerprint density at radius 3 is 2.39 bits per heavy atom. The fourth-order valence-electron chi connectivity index (χ4n) is 5.07. The Morgan fingerprint density at radius 2 is 1.77 bits per heavy atom. The smallest absolute Gasteiger partial charge is 0.321 e. The van der Waals surface area contributed by atoms with Gasteiger partial charge in [0, 0.05) is 17.5 Å². The molecule has 6 heteroatoms. The highest BCUT2D eigenvalue weighted by molar-refractivity contribution is 8.00. The summed E-state index contributed by atoms with van der Waals surface area (Å²) in [5.41, 5.74) is 2.18. The summed E-state index contributed by atoms with van der Waals surface area (Å²) in [6.07, 6.45) is 1.46. The fourth-order valence-corrected chi connectivity index (χ4v) is 6.85. The van der Waals surface area contributed by atoms with E-state index < -0.39 is 11.9 Å². The molecule has 2 amide bonds. The first-order valence-electron chi connectivity index (χ1n) is 11.0. The minimum Gasteiger partial charge on any atom is -0.481 e. The normalized spacial score (nSPS) is 24.8. The van der Waals surface area contributed by atoms with Gasteiger partial charge in [0.15, 0.2) is 0 Å². The third kappa shape index (κ3) is 4.18. The molecule has 0 radical (unpaired) electrons. The second-order valence-corrected chi connectivity index (χ2v) is 9.69. The molecule has 0 spiro atoms. The van der Waals surface area contributed by atoms with Crippen molar-refractivity contribution in [2.45, 2.75) is 56.6 Å². The number of aliphatic carboxylic acids is 1. The zero-order valence-electron chi connectivity index (χ0n) is 18.1. The maximum absolute atomic E-state index is 13.7. The molecule has 2 aliphatic rings. The van der Waals surface area contributed by atoms with Crippen molar-refractivity contribution < 1.29 is 14.7 Å². The van der Waals surface area contributed by atoms with Crippen LogP contribution in [0.4, 0.5) is 4.79 Å². The van der Waals surface area contributed by atoms with Crippen molar-refractivity contribution in [3.05, 3.63) is 71.8 Å². The summed E-state index contributed by atoms with van der Waals surface area (Å²) in [5.74, 6) is -0.415. The lowest BCUT2D eigenvalue weighted by Gasteiger charge is -2.30. The summed E-state index contributed by atoms with van der Waals surface area (Å²) in [6, 6.07) is 20.0. The van der Waals surface area contributed by atoms with Gasteiger partial charge in [0.2, 0.25) is 0 Å². The number of hydrogen-bond acceptors (Lipinski definition) is 3. The zero-order valence-corrected chi connectivity index (χ0v) is 18.9. The highest BCUT2D eigenvalue weighted by Crippen LogP contribution is 2.46. The third-order valence-electron chi connectivity index (χ3n) is 6.58. The van der Waals surface area contributed by atoms with Gasteiger partial charge in [-0.2, -0.15) is 11.8 Å². The molecule has 2 aromatic rings. The number of carboxylic acids is 1. The number of amides is 2. The molecule has 0 saturated carbocycles. The first-order valence-corrected chi connectivity index (χ1v) is 12.1. The predicted octanol–water partition coefficient (Wildman–Crippen LogP) is 5.04. The number of fused-ring (bicyclic) bond motifs is 1. The lowest BCUT2D eigenvalue weighted by molar-refractivity contribution is -0.142. The van der Waals surface area contributed by atoms with Gasteiger partial charge < -0.3 is 14.9 Å². The van der Waals surface area contributed by atoms with Crippen LogP contribution in [0.3, 0.4) is 0 Å². The van der Waals surface area contributed by atoms with E-state index in [0.29, 0.717) is 13.0 Å². The molecule has 2 saturated heterocycles. The molecular formula is C25H30N2O3S. The Hall–Kier alpha value is -2.47. The number of carbonyl (C=O) groups excluding carboxylic acids is 1. The van der Waals surface area contributed by atoms with Gasteiger partial charge >= 0.3 is 12.0 Å². The molecule has 5 nitrogen and oxygen atoms in total. The van der Waals surface area contributed by atoms with Gasteiger partial charge in [-0.05, 0) is 24.5 Å². The second kappa shape index (κ2) is 9.35. The quantitative estimate of drug-likeness (QED) is 0.587. The Balaban J connectivity index is 1.69. The van der Waals surface area contributed by atoms with Crippen molar-refractivity contribution in [2.75, 3.05) is 5.75 Å². The summed E-state index contributed by atoms with van der Waals surface area (Å²) < 4.78 is 0. The summed E-state index contributed by atoms with van der Waals surface area (Å²) in [7, 11) is 0. The molecule has 2 aromatic carbocycles. The van der Waals surface area contributed by atoms with Gasteiger partial charge in [0.1, 0.15) is 0 Å². The number of benzene rings is 2. The molecule has 0 aromatic heterocycles. The molecule has 2 heterocycles. The molecule has 31 heavy (non-hydrogen) atoms. The molecule has 1 N–H and O–H groups in total. The van der Waals surface area contributed by atoms with Crippen LogP contribution in [0.2, 0.25) is 0 Å². The van der Waals surface area contributed by atoms with Crippen LogP contribution < -0.4 is 0 Å². The first kappa shape index (κ1) is 21.8.